The van der Waals surface area contributed by atoms with Crippen molar-refractivity contribution >= 4 is 11.6 Å². The second-order valence-corrected chi connectivity index (χ2v) is 5.77. The molecule has 3 heteroatoms. The van der Waals surface area contributed by atoms with E-state index in [9.17, 15) is 4.79 Å². The van der Waals surface area contributed by atoms with Gasteiger partial charge in [0.1, 0.15) is 5.75 Å². The normalized spacial score (nSPS) is 10.3. The number of hydrogen-bond acceptors (Lipinski definition) is 2. The van der Waals surface area contributed by atoms with Crippen LogP contribution in [0.2, 0.25) is 0 Å². The Morgan fingerprint density at radius 1 is 0.840 bits per heavy atom. The monoisotopic (exact) mass is 331 g/mol. The van der Waals surface area contributed by atoms with Crippen LogP contribution in [0.25, 0.3) is 11.1 Å². The third-order valence-corrected chi connectivity index (χ3v) is 3.84. The maximum absolute atomic E-state index is 12.4. The Kier molecular flexibility index (Phi) is 5.47. The van der Waals surface area contributed by atoms with Crippen molar-refractivity contribution in [3.05, 3.63) is 84.4 Å². The van der Waals surface area contributed by atoms with Crippen LogP contribution in [0.3, 0.4) is 0 Å². The van der Waals surface area contributed by atoms with Crippen molar-refractivity contribution in [1.29, 1.82) is 0 Å². The molecule has 3 rings (SSSR count). The molecule has 1 amide bonds. The van der Waals surface area contributed by atoms with Gasteiger partial charge in [0.15, 0.2) is 0 Å². The highest BCUT2D eigenvalue weighted by atomic mass is 16.5. The Labute approximate surface area is 148 Å². The number of nitrogens with one attached hydrogen (secondary N) is 1. The average molecular weight is 331 g/mol. The molecule has 0 bridgehead atoms. The number of amides is 1. The molecule has 1 N–H and O–H groups in total. The van der Waals surface area contributed by atoms with Gasteiger partial charge in [0.05, 0.1) is 6.61 Å². The molecule has 0 saturated carbocycles. The van der Waals surface area contributed by atoms with Gasteiger partial charge in [-0.3, -0.25) is 4.79 Å². The van der Waals surface area contributed by atoms with Crippen molar-refractivity contribution in [2.45, 2.75) is 13.3 Å². The van der Waals surface area contributed by atoms with Crippen molar-refractivity contribution in [3.8, 4) is 16.9 Å². The molecule has 25 heavy (non-hydrogen) atoms. The predicted molar refractivity (Wildman–Crippen MR) is 102 cm³/mol. The van der Waals surface area contributed by atoms with Gasteiger partial charge in [-0.25, -0.2) is 0 Å². The molecule has 126 valence electrons. The summed E-state index contributed by atoms with van der Waals surface area (Å²) in [6.07, 6.45) is 0.970. The van der Waals surface area contributed by atoms with E-state index in [-0.39, 0.29) is 5.91 Å². The van der Waals surface area contributed by atoms with Crippen LogP contribution >= 0.6 is 0 Å². The van der Waals surface area contributed by atoms with E-state index in [2.05, 4.69) is 24.4 Å². The smallest absolute Gasteiger partial charge is 0.255 e. The molecule has 0 fully saturated rings. The first-order valence-corrected chi connectivity index (χ1v) is 8.46. The van der Waals surface area contributed by atoms with E-state index in [1.165, 1.54) is 0 Å². The zero-order valence-corrected chi connectivity index (χ0v) is 14.2. The number of carbonyl (C=O) groups is 1. The SMILES string of the molecule is CCCOc1ccc(NC(=O)c2ccc(-c3ccccc3)cc2)cc1. The third kappa shape index (κ3) is 4.48. The Bertz CT molecular complexity index is 809. The summed E-state index contributed by atoms with van der Waals surface area (Å²) in [5.74, 6) is 0.689. The minimum absolute atomic E-state index is 0.123. The van der Waals surface area contributed by atoms with Crippen LogP contribution in [-0.4, -0.2) is 12.5 Å². The molecular formula is C22H21NO2. The van der Waals surface area contributed by atoms with Gasteiger partial charge in [0, 0.05) is 11.3 Å². The Balaban J connectivity index is 1.65. The molecular weight excluding hydrogens is 310 g/mol. The quantitative estimate of drug-likeness (QED) is 0.657. The highest BCUT2D eigenvalue weighted by molar-refractivity contribution is 6.04. The topological polar surface area (TPSA) is 38.3 Å². The highest BCUT2D eigenvalue weighted by Crippen LogP contribution is 2.20. The predicted octanol–water partition coefficient (Wildman–Crippen LogP) is 5.39. The molecule has 0 radical (unpaired) electrons. The first-order chi connectivity index (χ1) is 12.3. The summed E-state index contributed by atoms with van der Waals surface area (Å²) in [4.78, 5) is 12.4. The molecule has 0 heterocycles. The van der Waals surface area contributed by atoms with Crippen LogP contribution in [0.4, 0.5) is 5.69 Å². The molecule has 0 aliphatic carbocycles. The van der Waals surface area contributed by atoms with Crippen LogP contribution in [0, 0.1) is 0 Å². The fourth-order valence-electron chi connectivity index (χ4n) is 2.50. The van der Waals surface area contributed by atoms with E-state index in [0.717, 1.165) is 29.0 Å². The summed E-state index contributed by atoms with van der Waals surface area (Å²) in [7, 11) is 0. The lowest BCUT2D eigenvalue weighted by Gasteiger charge is -2.08. The van der Waals surface area contributed by atoms with Gasteiger partial charge in [-0.2, -0.15) is 0 Å². The number of rotatable bonds is 6. The summed E-state index contributed by atoms with van der Waals surface area (Å²) in [6, 6.07) is 25.1. The van der Waals surface area contributed by atoms with Gasteiger partial charge in [-0.05, 0) is 53.9 Å². The van der Waals surface area contributed by atoms with E-state index >= 15 is 0 Å². The number of ether oxygens (including phenoxy) is 1. The van der Waals surface area contributed by atoms with Gasteiger partial charge < -0.3 is 10.1 Å². The molecule has 0 aromatic heterocycles. The second kappa shape index (κ2) is 8.15. The summed E-state index contributed by atoms with van der Waals surface area (Å²) in [5.41, 5.74) is 3.61. The highest BCUT2D eigenvalue weighted by Gasteiger charge is 2.07. The largest absolute Gasteiger partial charge is 0.494 e. The second-order valence-electron chi connectivity index (χ2n) is 5.77. The van der Waals surface area contributed by atoms with Crippen molar-refractivity contribution in [1.82, 2.24) is 0 Å². The van der Waals surface area contributed by atoms with Crippen molar-refractivity contribution < 1.29 is 9.53 Å². The molecule has 3 aromatic carbocycles. The lowest BCUT2D eigenvalue weighted by Crippen LogP contribution is -2.11. The zero-order chi connectivity index (χ0) is 17.5. The minimum atomic E-state index is -0.123. The van der Waals surface area contributed by atoms with Gasteiger partial charge in [0.25, 0.3) is 5.91 Å². The lowest BCUT2D eigenvalue weighted by atomic mass is 10.0. The zero-order valence-electron chi connectivity index (χ0n) is 14.2. The Hall–Kier alpha value is -3.07. The molecule has 0 aliphatic heterocycles. The first-order valence-electron chi connectivity index (χ1n) is 8.46. The summed E-state index contributed by atoms with van der Waals surface area (Å²) < 4.78 is 5.54. The third-order valence-electron chi connectivity index (χ3n) is 3.84. The molecule has 0 unspecified atom stereocenters. The fourth-order valence-corrected chi connectivity index (χ4v) is 2.50. The molecule has 0 atom stereocenters. The van der Waals surface area contributed by atoms with E-state index in [4.69, 9.17) is 4.74 Å². The van der Waals surface area contributed by atoms with Crippen molar-refractivity contribution in [2.75, 3.05) is 11.9 Å². The first kappa shape index (κ1) is 16.8. The van der Waals surface area contributed by atoms with Crippen molar-refractivity contribution in [3.63, 3.8) is 0 Å². The van der Waals surface area contributed by atoms with Crippen LogP contribution in [-0.2, 0) is 0 Å². The number of hydrogen-bond donors (Lipinski definition) is 1. The number of carbonyl (C=O) groups excluding carboxylic acids is 1. The van der Waals surface area contributed by atoms with Gasteiger partial charge in [-0.1, -0.05) is 49.4 Å². The van der Waals surface area contributed by atoms with Gasteiger partial charge in [-0.15, -0.1) is 0 Å². The van der Waals surface area contributed by atoms with Gasteiger partial charge in [0.2, 0.25) is 0 Å². The lowest BCUT2D eigenvalue weighted by molar-refractivity contribution is 0.102. The molecule has 0 spiro atoms. The molecule has 0 aliphatic rings. The van der Waals surface area contributed by atoms with E-state index in [0.29, 0.717) is 12.2 Å². The number of anilines is 1. The Morgan fingerprint density at radius 3 is 2.12 bits per heavy atom. The van der Waals surface area contributed by atoms with E-state index in [1.807, 2.05) is 66.7 Å². The molecule has 0 saturated heterocycles. The molecule has 3 aromatic rings. The minimum Gasteiger partial charge on any atom is -0.494 e. The average Bonchev–Trinajstić information content (AvgIpc) is 2.68. The van der Waals surface area contributed by atoms with E-state index in [1.54, 1.807) is 0 Å². The summed E-state index contributed by atoms with van der Waals surface area (Å²) in [6.45, 7) is 2.76. The standard InChI is InChI=1S/C22H21NO2/c1-2-16-25-21-14-12-20(13-15-21)23-22(24)19-10-8-18(9-11-19)17-6-4-3-5-7-17/h3-15H,2,16H2,1H3,(H,23,24). The maximum Gasteiger partial charge on any atom is 0.255 e. The number of benzene rings is 3. The van der Waals surface area contributed by atoms with Crippen molar-refractivity contribution in [2.24, 2.45) is 0 Å². The maximum atomic E-state index is 12.4. The van der Waals surface area contributed by atoms with Crippen LogP contribution in [0.5, 0.6) is 5.75 Å². The van der Waals surface area contributed by atoms with Crippen LogP contribution < -0.4 is 10.1 Å². The van der Waals surface area contributed by atoms with Crippen LogP contribution in [0.1, 0.15) is 23.7 Å². The Morgan fingerprint density at radius 2 is 1.48 bits per heavy atom. The summed E-state index contributed by atoms with van der Waals surface area (Å²) in [5, 5.41) is 2.91. The van der Waals surface area contributed by atoms with Gasteiger partial charge >= 0.3 is 0 Å². The fraction of sp³-hybridized carbons (Fsp3) is 0.136. The van der Waals surface area contributed by atoms with E-state index < -0.39 is 0 Å². The molecule has 3 nitrogen and oxygen atoms in total. The van der Waals surface area contributed by atoms with Crippen LogP contribution in [0.15, 0.2) is 78.9 Å². The summed E-state index contributed by atoms with van der Waals surface area (Å²) >= 11 is 0.